The van der Waals surface area contributed by atoms with Crippen molar-refractivity contribution in [2.45, 2.75) is 44.9 Å². The van der Waals surface area contributed by atoms with Crippen LogP contribution < -0.4 is 5.32 Å². The fourth-order valence-corrected chi connectivity index (χ4v) is 7.55. The molecule has 0 aromatic heterocycles. The van der Waals surface area contributed by atoms with Gasteiger partial charge in [-0.25, -0.2) is 0 Å². The summed E-state index contributed by atoms with van der Waals surface area (Å²) in [6.07, 6.45) is 5.53. The van der Waals surface area contributed by atoms with Crippen molar-refractivity contribution in [2.75, 3.05) is 5.32 Å². The zero-order chi connectivity index (χ0) is 20.3. The Morgan fingerprint density at radius 3 is 2.37 bits per heavy atom. The van der Waals surface area contributed by atoms with E-state index in [1.165, 1.54) is 48.2 Å². The molecular weight excluding hydrogens is 362 g/mol. The molecule has 0 aliphatic heterocycles. The van der Waals surface area contributed by atoms with E-state index in [1.54, 1.807) is 11.1 Å². The van der Waals surface area contributed by atoms with Gasteiger partial charge in [0, 0.05) is 16.8 Å². The fraction of sp³-hybridized carbons (Fsp3) is 0.379. The highest BCUT2D eigenvalue weighted by atomic mass is 14.9. The molecule has 5 unspecified atom stereocenters. The van der Waals surface area contributed by atoms with Crippen LogP contribution in [-0.4, -0.2) is 0 Å². The van der Waals surface area contributed by atoms with Crippen LogP contribution in [0.25, 0.3) is 11.1 Å². The minimum Gasteiger partial charge on any atom is -0.355 e. The summed E-state index contributed by atoms with van der Waals surface area (Å²) in [5, 5.41) is 3.82. The van der Waals surface area contributed by atoms with E-state index in [-0.39, 0.29) is 5.41 Å². The van der Waals surface area contributed by atoms with Crippen molar-refractivity contribution >= 4 is 11.4 Å². The maximum atomic E-state index is 3.82. The molecule has 2 fully saturated rings. The van der Waals surface area contributed by atoms with Crippen molar-refractivity contribution in [1.82, 2.24) is 0 Å². The van der Waals surface area contributed by atoms with E-state index in [0.717, 1.165) is 17.8 Å². The van der Waals surface area contributed by atoms with Gasteiger partial charge in [0.15, 0.2) is 0 Å². The van der Waals surface area contributed by atoms with Crippen LogP contribution in [-0.2, 0) is 5.41 Å². The first-order chi connectivity index (χ1) is 14.7. The molecule has 1 spiro atoms. The Morgan fingerprint density at radius 1 is 0.733 bits per heavy atom. The molecule has 30 heavy (non-hydrogen) atoms. The average molecular weight is 394 g/mol. The topological polar surface area (TPSA) is 12.0 Å². The average Bonchev–Trinajstić information content (AvgIpc) is 3.06. The van der Waals surface area contributed by atoms with Gasteiger partial charge < -0.3 is 5.32 Å². The fourth-order valence-electron chi connectivity index (χ4n) is 7.55. The minimum absolute atomic E-state index is 0.134. The smallest absolute Gasteiger partial charge is 0.0432 e. The van der Waals surface area contributed by atoms with Crippen LogP contribution in [0, 0.1) is 23.7 Å². The monoisotopic (exact) mass is 393 g/mol. The summed E-state index contributed by atoms with van der Waals surface area (Å²) in [6.45, 7) is 5.03. The third kappa shape index (κ3) is 2.47. The molecule has 2 saturated carbocycles. The standard InChI is InChI=1S/C29H31N/c1-19-15-21-17-20(2)29(22(16-19)18-21)26-13-7-6-11-24(26)25-12-8-14-27(28(25)29)30-23-9-4-3-5-10-23/h3-14,19-22,30H,15-18H2,1-2H3. The zero-order valence-electron chi connectivity index (χ0n) is 18.1. The van der Waals surface area contributed by atoms with E-state index in [0.29, 0.717) is 5.92 Å². The normalized spacial score (nSPS) is 31.3. The number of hydrogen-bond acceptors (Lipinski definition) is 1. The van der Waals surface area contributed by atoms with Crippen molar-refractivity contribution < 1.29 is 0 Å². The summed E-state index contributed by atoms with van der Waals surface area (Å²) in [6, 6.07) is 26.9. The third-order valence-corrected chi connectivity index (χ3v) is 8.34. The molecule has 6 rings (SSSR count). The van der Waals surface area contributed by atoms with Gasteiger partial charge in [-0.15, -0.1) is 0 Å². The first-order valence-corrected chi connectivity index (χ1v) is 11.7. The second kappa shape index (κ2) is 6.74. The van der Waals surface area contributed by atoms with Crippen LogP contribution in [0.1, 0.15) is 50.7 Å². The summed E-state index contributed by atoms with van der Waals surface area (Å²) in [7, 11) is 0. The van der Waals surface area contributed by atoms with Crippen LogP contribution >= 0.6 is 0 Å². The lowest BCUT2D eigenvalue weighted by Crippen LogP contribution is -2.49. The number of nitrogens with one attached hydrogen (secondary N) is 1. The van der Waals surface area contributed by atoms with Crippen molar-refractivity contribution in [3.8, 4) is 11.1 Å². The lowest BCUT2D eigenvalue weighted by Gasteiger charge is -2.54. The molecule has 5 atom stereocenters. The molecule has 0 amide bonds. The Labute approximate surface area is 180 Å². The third-order valence-electron chi connectivity index (χ3n) is 8.34. The van der Waals surface area contributed by atoms with Crippen molar-refractivity contribution in [3.63, 3.8) is 0 Å². The van der Waals surface area contributed by atoms with Crippen LogP contribution in [0.5, 0.6) is 0 Å². The summed E-state index contributed by atoms with van der Waals surface area (Å²) in [5.74, 6) is 3.14. The number of rotatable bonds is 2. The van der Waals surface area contributed by atoms with Crippen molar-refractivity contribution in [3.05, 3.63) is 83.9 Å². The number of benzene rings is 3. The quantitative estimate of drug-likeness (QED) is 0.468. The molecule has 1 heteroatoms. The second-order valence-corrected chi connectivity index (χ2v) is 10.1. The first-order valence-electron chi connectivity index (χ1n) is 11.7. The molecule has 0 heterocycles. The molecule has 3 aliphatic rings. The van der Waals surface area contributed by atoms with Crippen molar-refractivity contribution in [1.29, 1.82) is 0 Å². The van der Waals surface area contributed by atoms with Crippen LogP contribution in [0.15, 0.2) is 72.8 Å². The summed E-state index contributed by atoms with van der Waals surface area (Å²) < 4.78 is 0. The number of anilines is 2. The zero-order valence-corrected chi connectivity index (χ0v) is 18.1. The predicted molar refractivity (Wildman–Crippen MR) is 126 cm³/mol. The summed E-state index contributed by atoms with van der Waals surface area (Å²) in [5.41, 5.74) is 8.69. The van der Waals surface area contributed by atoms with Gasteiger partial charge in [-0.3, -0.25) is 0 Å². The van der Waals surface area contributed by atoms with E-state index in [2.05, 4.69) is 92.0 Å². The van der Waals surface area contributed by atoms with Crippen LogP contribution in [0.4, 0.5) is 11.4 Å². The molecule has 2 bridgehead atoms. The number of hydrogen-bond donors (Lipinski definition) is 1. The van der Waals surface area contributed by atoms with E-state index in [1.807, 2.05) is 0 Å². The molecular formula is C29H31N. The molecule has 3 aliphatic carbocycles. The largest absolute Gasteiger partial charge is 0.355 e. The van der Waals surface area contributed by atoms with Gasteiger partial charge >= 0.3 is 0 Å². The molecule has 152 valence electrons. The minimum atomic E-state index is 0.134. The van der Waals surface area contributed by atoms with Gasteiger partial charge in [-0.2, -0.15) is 0 Å². The SMILES string of the molecule is CC1CC2CC(C)C3(c4ccccc4-c4cccc(Nc5ccccc5)c43)C(C1)C2. The highest BCUT2D eigenvalue weighted by Crippen LogP contribution is 2.65. The van der Waals surface area contributed by atoms with E-state index in [9.17, 15) is 0 Å². The lowest BCUT2D eigenvalue weighted by atomic mass is 9.49. The molecule has 1 N–H and O–H groups in total. The maximum Gasteiger partial charge on any atom is 0.0432 e. The molecule has 0 radical (unpaired) electrons. The Kier molecular flexibility index (Phi) is 4.10. The van der Waals surface area contributed by atoms with Gasteiger partial charge in [0.25, 0.3) is 0 Å². The van der Waals surface area contributed by atoms with Gasteiger partial charge in [0.05, 0.1) is 0 Å². The summed E-state index contributed by atoms with van der Waals surface area (Å²) >= 11 is 0. The Hall–Kier alpha value is -2.54. The van der Waals surface area contributed by atoms with Gasteiger partial charge in [-0.05, 0) is 89.8 Å². The van der Waals surface area contributed by atoms with E-state index in [4.69, 9.17) is 0 Å². The van der Waals surface area contributed by atoms with E-state index < -0.39 is 0 Å². The highest BCUT2D eigenvalue weighted by Gasteiger charge is 2.57. The maximum absolute atomic E-state index is 3.82. The van der Waals surface area contributed by atoms with Crippen LogP contribution in [0.3, 0.4) is 0 Å². The number of para-hydroxylation sites is 1. The van der Waals surface area contributed by atoms with Crippen LogP contribution in [0.2, 0.25) is 0 Å². The Bertz CT molecular complexity index is 1080. The van der Waals surface area contributed by atoms with Gasteiger partial charge in [0.1, 0.15) is 0 Å². The molecule has 1 nitrogen and oxygen atoms in total. The predicted octanol–water partition coefficient (Wildman–Crippen LogP) is 7.79. The first kappa shape index (κ1) is 18.2. The second-order valence-electron chi connectivity index (χ2n) is 10.1. The van der Waals surface area contributed by atoms with Gasteiger partial charge in [-0.1, -0.05) is 68.4 Å². The highest BCUT2D eigenvalue weighted by molar-refractivity contribution is 5.88. The summed E-state index contributed by atoms with van der Waals surface area (Å²) in [4.78, 5) is 0. The molecule has 0 saturated heterocycles. The number of fused-ring (bicyclic) bond motifs is 8. The Morgan fingerprint density at radius 2 is 1.50 bits per heavy atom. The Balaban J connectivity index is 1.60. The lowest BCUT2D eigenvalue weighted by molar-refractivity contribution is 0.0429. The van der Waals surface area contributed by atoms with E-state index >= 15 is 0 Å². The van der Waals surface area contributed by atoms with Crippen molar-refractivity contribution in [2.24, 2.45) is 23.7 Å². The van der Waals surface area contributed by atoms with Gasteiger partial charge in [0.2, 0.25) is 0 Å². The molecule has 3 aromatic carbocycles. The molecule has 3 aromatic rings.